The maximum absolute atomic E-state index is 15.9. The Hall–Kier alpha value is -5.69. The van der Waals surface area contributed by atoms with E-state index < -0.39 is 46.7 Å². The van der Waals surface area contributed by atoms with Crippen LogP contribution in [0.15, 0.2) is 104 Å². The van der Waals surface area contributed by atoms with Gasteiger partial charge in [0.25, 0.3) is 0 Å². The third-order valence-corrected chi connectivity index (χ3v) is 9.60. The van der Waals surface area contributed by atoms with Crippen LogP contribution in [-0.2, 0) is 42.4 Å². The van der Waals surface area contributed by atoms with E-state index in [2.05, 4.69) is 16.7 Å². The zero-order valence-corrected chi connectivity index (χ0v) is 29.8. The number of nitriles is 1. The Morgan fingerprint density at radius 3 is 2.59 bits per heavy atom. The van der Waals surface area contributed by atoms with Crippen LogP contribution in [0.1, 0.15) is 39.5 Å². The van der Waals surface area contributed by atoms with Crippen LogP contribution in [0.3, 0.4) is 0 Å². The molecule has 2 unspecified atom stereocenters. The first kappa shape index (κ1) is 39.5. The number of hydrogen-bond donors (Lipinski definition) is 0. The Morgan fingerprint density at radius 1 is 1.09 bits per heavy atom. The summed E-state index contributed by atoms with van der Waals surface area (Å²) in [4.78, 5) is 30.1. The van der Waals surface area contributed by atoms with E-state index in [0.29, 0.717) is 11.6 Å². The van der Waals surface area contributed by atoms with Gasteiger partial charge in [0, 0.05) is 28.0 Å². The highest BCUT2D eigenvalue weighted by atomic mass is 32.2. The molecule has 1 aliphatic heterocycles. The molecule has 5 rings (SSSR count). The van der Waals surface area contributed by atoms with Gasteiger partial charge in [0.05, 0.1) is 42.2 Å². The molecule has 0 N–H and O–H groups in total. The van der Waals surface area contributed by atoms with Gasteiger partial charge in [-0.05, 0) is 43.3 Å². The first-order chi connectivity index (χ1) is 26.1. The second-order valence-electron chi connectivity index (χ2n) is 11.8. The van der Waals surface area contributed by atoms with Crippen LogP contribution >= 0.6 is 11.8 Å². The Bertz CT molecular complexity index is 2030. The molecule has 54 heavy (non-hydrogen) atoms. The standard InChI is InChI=1S/C39H35F3N4O7S/c1-3-16-49-38(48)52-20-29-9-4-6-10-32(29)37(47)53-39(23-46-25-44-24-45-46,33-15-14-30(40)18-35(33)42)26(2)54-31-21-50-36(51-22-31)11-7-5-8-28-13-12-27(19-43)17-34(28)41/h3-15,17-18,24-26,31,36H,1,16,20-23H2,2H3. The average molecular weight is 761 g/mol. The molecular formula is C39H35F3N4O7S. The van der Waals surface area contributed by atoms with E-state index in [9.17, 15) is 18.4 Å². The number of carbonyl (C=O) groups excluding carboxylic acids is 2. The molecule has 0 aliphatic carbocycles. The predicted molar refractivity (Wildman–Crippen MR) is 192 cm³/mol. The quantitative estimate of drug-likeness (QED) is 0.0687. The summed E-state index contributed by atoms with van der Waals surface area (Å²) in [6, 6.07) is 15.3. The summed E-state index contributed by atoms with van der Waals surface area (Å²) >= 11 is 1.31. The molecule has 4 aromatic rings. The molecule has 280 valence electrons. The number of thioether (sulfide) groups is 1. The van der Waals surface area contributed by atoms with Crippen molar-refractivity contribution in [2.24, 2.45) is 0 Å². The third kappa shape index (κ3) is 10.2. The number of halogens is 3. The molecule has 15 heteroatoms. The average Bonchev–Trinajstić information content (AvgIpc) is 3.68. The van der Waals surface area contributed by atoms with Crippen molar-refractivity contribution in [2.45, 2.75) is 42.5 Å². The van der Waals surface area contributed by atoms with Gasteiger partial charge in [-0.1, -0.05) is 55.1 Å². The second-order valence-corrected chi connectivity index (χ2v) is 13.5. The Balaban J connectivity index is 1.36. The maximum atomic E-state index is 15.9. The number of nitrogens with zero attached hydrogens (tertiary/aromatic N) is 4. The number of allylic oxidation sites excluding steroid dienone is 2. The fourth-order valence-corrected chi connectivity index (χ4v) is 6.86. The maximum Gasteiger partial charge on any atom is 0.508 e. The molecule has 2 atom stereocenters. The summed E-state index contributed by atoms with van der Waals surface area (Å²) in [6.45, 7) is 4.99. The van der Waals surface area contributed by atoms with Crippen molar-refractivity contribution < 1.29 is 46.4 Å². The summed E-state index contributed by atoms with van der Waals surface area (Å²) in [7, 11) is 0. The molecule has 0 radical (unpaired) electrons. The molecule has 0 spiro atoms. The molecule has 2 heterocycles. The van der Waals surface area contributed by atoms with Crippen LogP contribution in [-0.4, -0.2) is 63.5 Å². The topological polar surface area (TPSA) is 135 Å². The predicted octanol–water partition coefficient (Wildman–Crippen LogP) is 7.29. The molecule has 0 saturated carbocycles. The van der Waals surface area contributed by atoms with E-state index in [1.807, 2.05) is 6.07 Å². The first-order valence-corrected chi connectivity index (χ1v) is 17.5. The third-order valence-electron chi connectivity index (χ3n) is 8.16. The van der Waals surface area contributed by atoms with Gasteiger partial charge in [0.1, 0.15) is 43.3 Å². The van der Waals surface area contributed by atoms with E-state index in [1.165, 1.54) is 59.4 Å². The van der Waals surface area contributed by atoms with Crippen LogP contribution < -0.4 is 0 Å². The van der Waals surface area contributed by atoms with Crippen LogP contribution in [0.2, 0.25) is 0 Å². The summed E-state index contributed by atoms with van der Waals surface area (Å²) in [5.74, 6) is -3.18. The van der Waals surface area contributed by atoms with E-state index >= 15 is 4.39 Å². The molecule has 0 bridgehead atoms. The van der Waals surface area contributed by atoms with Crippen molar-refractivity contribution in [1.82, 2.24) is 14.8 Å². The van der Waals surface area contributed by atoms with Crippen molar-refractivity contribution in [1.29, 1.82) is 5.26 Å². The normalized spacial score (nSPS) is 17.4. The zero-order valence-electron chi connectivity index (χ0n) is 29.0. The molecule has 1 fully saturated rings. The molecule has 1 saturated heterocycles. The van der Waals surface area contributed by atoms with Crippen molar-refractivity contribution >= 4 is 30.0 Å². The van der Waals surface area contributed by atoms with Gasteiger partial charge in [-0.15, -0.1) is 11.8 Å². The fraction of sp³-hybridized carbons (Fsp3) is 0.256. The lowest BCUT2D eigenvalue weighted by molar-refractivity contribution is -0.146. The number of esters is 1. The van der Waals surface area contributed by atoms with Crippen molar-refractivity contribution in [3.05, 3.63) is 149 Å². The van der Waals surface area contributed by atoms with E-state index in [0.717, 1.165) is 12.1 Å². The minimum atomic E-state index is -1.81. The number of ether oxygens (including phenoxy) is 5. The van der Waals surface area contributed by atoms with Crippen molar-refractivity contribution in [3.8, 4) is 6.07 Å². The largest absolute Gasteiger partial charge is 0.508 e. The Kier molecular flexibility index (Phi) is 13.8. The van der Waals surface area contributed by atoms with E-state index in [4.69, 9.17) is 28.9 Å². The highest BCUT2D eigenvalue weighted by Crippen LogP contribution is 2.42. The van der Waals surface area contributed by atoms with Gasteiger partial charge < -0.3 is 23.7 Å². The van der Waals surface area contributed by atoms with Gasteiger partial charge in [0.15, 0.2) is 11.9 Å². The molecule has 11 nitrogen and oxygen atoms in total. The van der Waals surface area contributed by atoms with Gasteiger partial charge in [-0.3, -0.25) is 0 Å². The van der Waals surface area contributed by atoms with Crippen LogP contribution in [0.4, 0.5) is 18.0 Å². The summed E-state index contributed by atoms with van der Waals surface area (Å²) in [5.41, 5.74) is -1.07. The SMILES string of the molecule is C=CCOC(=O)OCc1ccccc1C(=O)OC(Cn1cncn1)(c1ccc(F)cc1F)C(C)SC1COC(C=CC=Cc2ccc(C#N)cc2F)OC1. The molecule has 1 aromatic heterocycles. The van der Waals surface area contributed by atoms with Crippen molar-refractivity contribution in [3.63, 3.8) is 0 Å². The van der Waals surface area contributed by atoms with Crippen LogP contribution in [0.25, 0.3) is 6.08 Å². The lowest BCUT2D eigenvalue weighted by atomic mass is 9.89. The van der Waals surface area contributed by atoms with Crippen molar-refractivity contribution in [2.75, 3.05) is 19.8 Å². The minimum absolute atomic E-state index is 0.0339. The summed E-state index contributed by atoms with van der Waals surface area (Å²) in [6.07, 6.45) is 8.79. The van der Waals surface area contributed by atoms with E-state index in [-0.39, 0.29) is 60.5 Å². The van der Waals surface area contributed by atoms with Gasteiger partial charge in [-0.2, -0.15) is 10.4 Å². The second kappa shape index (κ2) is 18.9. The van der Waals surface area contributed by atoms with Crippen LogP contribution in [0.5, 0.6) is 0 Å². The first-order valence-electron chi connectivity index (χ1n) is 16.5. The number of benzene rings is 3. The number of rotatable bonds is 15. The Labute approximate surface area is 313 Å². The number of hydrogen-bond acceptors (Lipinski definition) is 11. The monoisotopic (exact) mass is 760 g/mol. The molecular weight excluding hydrogens is 726 g/mol. The van der Waals surface area contributed by atoms with Gasteiger partial charge in [-0.25, -0.2) is 32.4 Å². The lowest BCUT2D eigenvalue weighted by Crippen LogP contribution is -2.47. The van der Waals surface area contributed by atoms with E-state index in [1.54, 1.807) is 49.4 Å². The highest BCUT2D eigenvalue weighted by molar-refractivity contribution is 8.00. The smallest absolute Gasteiger partial charge is 0.447 e. The molecule has 1 aliphatic rings. The lowest BCUT2D eigenvalue weighted by Gasteiger charge is -2.40. The molecule has 0 amide bonds. The molecule has 3 aromatic carbocycles. The Morgan fingerprint density at radius 2 is 1.89 bits per heavy atom. The number of carbonyl (C=O) groups is 2. The summed E-state index contributed by atoms with van der Waals surface area (Å²) in [5, 5.41) is 12.1. The number of aromatic nitrogens is 3. The summed E-state index contributed by atoms with van der Waals surface area (Å²) < 4.78 is 73.9. The minimum Gasteiger partial charge on any atom is -0.447 e. The van der Waals surface area contributed by atoms with Gasteiger partial charge >= 0.3 is 12.1 Å². The van der Waals surface area contributed by atoms with Gasteiger partial charge in [0.2, 0.25) is 0 Å². The highest BCUT2D eigenvalue weighted by Gasteiger charge is 2.47. The zero-order chi connectivity index (χ0) is 38.5. The fourth-order valence-electron chi connectivity index (χ4n) is 5.50. The van der Waals surface area contributed by atoms with Crippen LogP contribution in [0, 0.1) is 28.8 Å².